The van der Waals surface area contributed by atoms with Crippen LogP contribution in [0.5, 0.6) is 0 Å². The fraction of sp³-hybridized carbons (Fsp3) is 0.500. The third-order valence-electron chi connectivity index (χ3n) is 3.40. The molecule has 2 heterocycles. The van der Waals surface area contributed by atoms with Crippen LogP contribution in [-0.4, -0.2) is 20.7 Å². The fourth-order valence-corrected chi connectivity index (χ4v) is 4.10. The van der Waals surface area contributed by atoms with Crippen LogP contribution in [0.2, 0.25) is 0 Å². The number of fused-ring (bicyclic) bond motifs is 1. The summed E-state index contributed by atoms with van der Waals surface area (Å²) in [5.74, 6) is -0.414. The third kappa shape index (κ3) is 2.85. The summed E-state index contributed by atoms with van der Waals surface area (Å²) in [6.07, 6.45) is 0. The molecule has 2 N–H and O–H groups in total. The summed E-state index contributed by atoms with van der Waals surface area (Å²) in [7, 11) is 0. The van der Waals surface area contributed by atoms with E-state index in [1.165, 1.54) is 23.1 Å². The molecule has 0 saturated carbocycles. The van der Waals surface area contributed by atoms with E-state index in [0.29, 0.717) is 10.5 Å². The minimum Gasteiger partial charge on any atom is -0.369 e. The van der Waals surface area contributed by atoms with Crippen molar-refractivity contribution < 1.29 is 4.79 Å². The summed E-state index contributed by atoms with van der Waals surface area (Å²) in [5.41, 5.74) is 6.26. The van der Waals surface area contributed by atoms with Crippen molar-refractivity contribution >= 4 is 39.2 Å². The maximum Gasteiger partial charge on any atom is 0.263 e. The van der Waals surface area contributed by atoms with Crippen molar-refractivity contribution in [1.29, 1.82) is 0 Å². The molecule has 5 nitrogen and oxygen atoms in total. The van der Waals surface area contributed by atoms with E-state index < -0.39 is 11.2 Å². The van der Waals surface area contributed by atoms with Crippen molar-refractivity contribution in [2.24, 2.45) is 5.73 Å². The molecule has 0 unspecified atom stereocenters. The quantitative estimate of drug-likeness (QED) is 0.692. The van der Waals surface area contributed by atoms with Gasteiger partial charge in [-0.25, -0.2) is 4.98 Å². The van der Waals surface area contributed by atoms with Crippen LogP contribution in [0.4, 0.5) is 0 Å². The molecule has 0 aliphatic rings. The number of aromatic nitrogens is 2. The van der Waals surface area contributed by atoms with Gasteiger partial charge in [0.15, 0.2) is 5.16 Å². The molecule has 0 aliphatic heterocycles. The van der Waals surface area contributed by atoms with Gasteiger partial charge >= 0.3 is 0 Å². The second-order valence-corrected chi connectivity index (χ2v) is 7.80. The average molecular weight is 325 g/mol. The van der Waals surface area contributed by atoms with Crippen molar-refractivity contribution in [3.63, 3.8) is 0 Å². The molecule has 114 valence electrons. The Balaban J connectivity index is 2.72. The Kier molecular flexibility index (Phi) is 4.43. The van der Waals surface area contributed by atoms with Crippen molar-refractivity contribution in [3.8, 4) is 0 Å². The summed E-state index contributed by atoms with van der Waals surface area (Å²) >= 11 is 2.74. The molecule has 0 saturated heterocycles. The smallest absolute Gasteiger partial charge is 0.263 e. The predicted octanol–water partition coefficient (Wildman–Crippen LogP) is 2.62. The Morgan fingerprint density at radius 2 is 1.95 bits per heavy atom. The van der Waals surface area contributed by atoms with Gasteiger partial charge in [-0.1, -0.05) is 11.8 Å². The van der Waals surface area contributed by atoms with Gasteiger partial charge in [-0.3, -0.25) is 14.2 Å². The lowest BCUT2D eigenvalue weighted by molar-refractivity contribution is -0.117. The summed E-state index contributed by atoms with van der Waals surface area (Å²) in [4.78, 5) is 30.5. The van der Waals surface area contributed by atoms with Crippen LogP contribution in [-0.2, 0) is 4.79 Å². The van der Waals surface area contributed by atoms with Gasteiger partial charge in [-0.2, -0.15) is 0 Å². The second-order valence-electron chi connectivity index (χ2n) is 5.29. The highest BCUT2D eigenvalue weighted by Crippen LogP contribution is 2.30. The Morgan fingerprint density at radius 1 is 1.33 bits per heavy atom. The highest BCUT2D eigenvalue weighted by Gasteiger charge is 2.21. The largest absolute Gasteiger partial charge is 0.369 e. The number of thiophene rings is 1. The number of primary amides is 1. The van der Waals surface area contributed by atoms with Crippen LogP contribution in [0, 0.1) is 13.8 Å². The van der Waals surface area contributed by atoms with Gasteiger partial charge in [0, 0.05) is 10.9 Å². The zero-order valence-electron chi connectivity index (χ0n) is 12.8. The number of hydrogen-bond donors (Lipinski definition) is 1. The number of nitrogens with two attached hydrogens (primary N) is 1. The van der Waals surface area contributed by atoms with Crippen LogP contribution >= 0.6 is 23.1 Å². The van der Waals surface area contributed by atoms with E-state index in [4.69, 9.17) is 5.73 Å². The van der Waals surface area contributed by atoms with Gasteiger partial charge in [-0.05, 0) is 40.2 Å². The Morgan fingerprint density at radius 3 is 2.48 bits per heavy atom. The number of carbonyl (C=O) groups is 1. The molecule has 2 rings (SSSR count). The highest BCUT2D eigenvalue weighted by atomic mass is 32.2. The van der Waals surface area contributed by atoms with E-state index >= 15 is 0 Å². The molecule has 2 aromatic heterocycles. The molecule has 0 spiro atoms. The van der Waals surface area contributed by atoms with Gasteiger partial charge in [0.25, 0.3) is 5.56 Å². The second kappa shape index (κ2) is 5.81. The van der Waals surface area contributed by atoms with E-state index in [-0.39, 0.29) is 11.6 Å². The number of aryl methyl sites for hydroxylation is 2. The van der Waals surface area contributed by atoms with Crippen LogP contribution in [0.1, 0.15) is 37.3 Å². The molecule has 0 fully saturated rings. The first-order valence-corrected chi connectivity index (χ1v) is 8.41. The SMILES string of the molecule is Cc1sc2nc(S[C@@H](C)C(N)=O)n(C(C)C)c(=O)c2c1C. The fourth-order valence-electron chi connectivity index (χ4n) is 2.04. The summed E-state index contributed by atoms with van der Waals surface area (Å²) in [6.45, 7) is 9.52. The van der Waals surface area contributed by atoms with Gasteiger partial charge in [0.2, 0.25) is 5.91 Å². The van der Waals surface area contributed by atoms with Crippen LogP contribution < -0.4 is 11.3 Å². The molecular weight excluding hydrogens is 306 g/mol. The average Bonchev–Trinajstić information content (AvgIpc) is 2.64. The van der Waals surface area contributed by atoms with Gasteiger partial charge < -0.3 is 5.73 Å². The predicted molar refractivity (Wildman–Crippen MR) is 88.3 cm³/mol. The molecule has 1 atom stereocenters. The number of amides is 1. The monoisotopic (exact) mass is 325 g/mol. The zero-order valence-corrected chi connectivity index (χ0v) is 14.4. The first-order chi connectivity index (χ1) is 9.73. The molecule has 21 heavy (non-hydrogen) atoms. The number of nitrogens with zero attached hydrogens (tertiary/aromatic N) is 2. The molecule has 0 radical (unpaired) electrons. The van der Waals surface area contributed by atoms with Crippen molar-refractivity contribution in [2.45, 2.75) is 51.1 Å². The first-order valence-electron chi connectivity index (χ1n) is 6.72. The molecule has 7 heteroatoms. The van der Waals surface area contributed by atoms with E-state index in [1.807, 2.05) is 27.7 Å². The molecule has 1 amide bonds. The zero-order chi connectivity index (χ0) is 15.9. The number of hydrogen-bond acceptors (Lipinski definition) is 5. The molecule has 2 aromatic rings. The third-order valence-corrected chi connectivity index (χ3v) is 5.59. The lowest BCUT2D eigenvalue weighted by Crippen LogP contribution is -2.28. The summed E-state index contributed by atoms with van der Waals surface area (Å²) in [6, 6.07) is -0.0309. The lowest BCUT2D eigenvalue weighted by Gasteiger charge is -2.16. The molecule has 0 aromatic carbocycles. The van der Waals surface area contributed by atoms with Gasteiger partial charge in [0.1, 0.15) is 4.83 Å². The van der Waals surface area contributed by atoms with E-state index in [1.54, 1.807) is 11.5 Å². The van der Waals surface area contributed by atoms with Crippen LogP contribution in [0.25, 0.3) is 10.2 Å². The Labute approximate surface area is 131 Å². The Bertz CT molecular complexity index is 762. The van der Waals surface area contributed by atoms with Crippen molar-refractivity contribution in [3.05, 3.63) is 20.8 Å². The normalized spacial score (nSPS) is 13.0. The molecule has 0 bridgehead atoms. The highest BCUT2D eigenvalue weighted by molar-refractivity contribution is 8.00. The van der Waals surface area contributed by atoms with E-state index in [0.717, 1.165) is 15.3 Å². The number of thioether (sulfide) groups is 1. The van der Waals surface area contributed by atoms with E-state index in [9.17, 15) is 9.59 Å². The van der Waals surface area contributed by atoms with Crippen LogP contribution in [0.3, 0.4) is 0 Å². The van der Waals surface area contributed by atoms with Gasteiger partial charge in [0.05, 0.1) is 10.6 Å². The topological polar surface area (TPSA) is 78.0 Å². The van der Waals surface area contributed by atoms with Crippen molar-refractivity contribution in [1.82, 2.24) is 9.55 Å². The Hall–Kier alpha value is -1.34. The summed E-state index contributed by atoms with van der Waals surface area (Å²) in [5, 5.41) is 0.804. The summed E-state index contributed by atoms with van der Waals surface area (Å²) < 4.78 is 1.64. The minimum absolute atomic E-state index is 0.0309. The van der Waals surface area contributed by atoms with Crippen LogP contribution in [0.15, 0.2) is 9.95 Å². The van der Waals surface area contributed by atoms with Crippen molar-refractivity contribution in [2.75, 3.05) is 0 Å². The lowest BCUT2D eigenvalue weighted by atomic mass is 10.2. The standard InChI is InChI=1S/C14H19N3O2S2/c1-6(2)17-13(19)10-7(3)8(4)20-12(10)16-14(17)21-9(5)11(15)18/h6,9H,1-5H3,(H2,15,18)/t9-/m0/s1. The van der Waals surface area contributed by atoms with Gasteiger partial charge in [-0.15, -0.1) is 11.3 Å². The number of rotatable bonds is 4. The number of carbonyl (C=O) groups excluding carboxylic acids is 1. The maximum absolute atomic E-state index is 12.8. The molecular formula is C14H19N3O2S2. The minimum atomic E-state index is -0.429. The maximum atomic E-state index is 12.8. The van der Waals surface area contributed by atoms with E-state index in [2.05, 4.69) is 4.98 Å². The first kappa shape index (κ1) is 16.0. The molecule has 0 aliphatic carbocycles.